The fourth-order valence-corrected chi connectivity index (χ4v) is 3.36. The SMILES string of the molecule is O=C(NO)c1cnc(N2CCN(C(=O)c3cccc4ccccc34)CC2)nc1. The van der Waals surface area contributed by atoms with Gasteiger partial charge in [-0.25, -0.2) is 15.4 Å². The van der Waals surface area contributed by atoms with Crippen LogP contribution in [0, 0.1) is 0 Å². The number of fused-ring (bicyclic) bond motifs is 1. The molecule has 2 heterocycles. The quantitative estimate of drug-likeness (QED) is 0.533. The number of carbonyl (C=O) groups is 2. The zero-order chi connectivity index (χ0) is 19.5. The topological polar surface area (TPSA) is 98.7 Å². The molecular weight excluding hydrogens is 358 g/mol. The van der Waals surface area contributed by atoms with Gasteiger partial charge in [0, 0.05) is 44.1 Å². The zero-order valence-electron chi connectivity index (χ0n) is 15.1. The van der Waals surface area contributed by atoms with Crippen molar-refractivity contribution < 1.29 is 14.8 Å². The molecule has 2 amide bonds. The van der Waals surface area contributed by atoms with E-state index in [-0.39, 0.29) is 11.5 Å². The van der Waals surface area contributed by atoms with E-state index in [2.05, 4.69) is 9.97 Å². The first-order chi connectivity index (χ1) is 13.7. The Morgan fingerprint density at radius 1 is 0.929 bits per heavy atom. The van der Waals surface area contributed by atoms with Crippen LogP contribution in [-0.2, 0) is 0 Å². The molecule has 0 atom stereocenters. The maximum atomic E-state index is 13.0. The Kier molecular flexibility index (Phi) is 4.86. The maximum absolute atomic E-state index is 13.0. The Balaban J connectivity index is 1.45. The third kappa shape index (κ3) is 3.37. The summed E-state index contributed by atoms with van der Waals surface area (Å²) in [5, 5.41) is 10.6. The fraction of sp³-hybridized carbons (Fsp3) is 0.200. The molecule has 2 N–H and O–H groups in total. The highest BCUT2D eigenvalue weighted by Gasteiger charge is 2.24. The number of amides is 2. The largest absolute Gasteiger partial charge is 0.337 e. The number of rotatable bonds is 3. The van der Waals surface area contributed by atoms with Gasteiger partial charge in [-0.15, -0.1) is 0 Å². The number of benzene rings is 2. The van der Waals surface area contributed by atoms with Gasteiger partial charge in [-0.05, 0) is 16.8 Å². The second-order valence-corrected chi connectivity index (χ2v) is 6.52. The summed E-state index contributed by atoms with van der Waals surface area (Å²) < 4.78 is 0. The van der Waals surface area contributed by atoms with Gasteiger partial charge in [0.25, 0.3) is 11.8 Å². The first-order valence-corrected chi connectivity index (χ1v) is 8.96. The van der Waals surface area contributed by atoms with Crippen LogP contribution in [0.4, 0.5) is 5.95 Å². The van der Waals surface area contributed by atoms with Crippen molar-refractivity contribution in [1.29, 1.82) is 0 Å². The van der Waals surface area contributed by atoms with Gasteiger partial charge in [-0.2, -0.15) is 0 Å². The van der Waals surface area contributed by atoms with Crippen LogP contribution in [0.5, 0.6) is 0 Å². The summed E-state index contributed by atoms with van der Waals surface area (Å²) in [5.74, 6) is -0.142. The zero-order valence-corrected chi connectivity index (χ0v) is 15.1. The van der Waals surface area contributed by atoms with E-state index in [4.69, 9.17) is 5.21 Å². The normalized spacial score (nSPS) is 14.2. The van der Waals surface area contributed by atoms with Gasteiger partial charge in [0.05, 0.1) is 5.56 Å². The molecule has 0 radical (unpaired) electrons. The molecule has 0 bridgehead atoms. The second-order valence-electron chi connectivity index (χ2n) is 6.52. The fourth-order valence-electron chi connectivity index (χ4n) is 3.36. The minimum Gasteiger partial charge on any atom is -0.337 e. The first kappa shape index (κ1) is 17.9. The summed E-state index contributed by atoms with van der Waals surface area (Å²) in [5.41, 5.74) is 2.44. The van der Waals surface area contributed by atoms with Crippen LogP contribution >= 0.6 is 0 Å². The Morgan fingerprint density at radius 2 is 1.61 bits per heavy atom. The van der Waals surface area contributed by atoms with Gasteiger partial charge in [0.15, 0.2) is 0 Å². The first-order valence-electron chi connectivity index (χ1n) is 8.96. The molecule has 0 spiro atoms. The average Bonchev–Trinajstić information content (AvgIpc) is 2.78. The standard InChI is InChI=1S/C20H19N5O3/c26-18(23-28)15-12-21-20(22-13-15)25-10-8-24(9-11-25)19(27)17-7-3-5-14-4-1-2-6-16(14)17/h1-7,12-13,28H,8-11H2,(H,23,26). The van der Waals surface area contributed by atoms with Crippen LogP contribution in [0.25, 0.3) is 10.8 Å². The van der Waals surface area contributed by atoms with E-state index in [1.54, 1.807) is 5.48 Å². The minimum absolute atomic E-state index is 0.0207. The van der Waals surface area contributed by atoms with Crippen molar-refractivity contribution in [2.75, 3.05) is 31.1 Å². The number of anilines is 1. The molecule has 0 saturated carbocycles. The van der Waals surface area contributed by atoms with E-state index in [0.717, 1.165) is 10.8 Å². The van der Waals surface area contributed by atoms with Crippen LogP contribution in [-0.4, -0.2) is 58.1 Å². The van der Waals surface area contributed by atoms with Crippen LogP contribution in [0.1, 0.15) is 20.7 Å². The highest BCUT2D eigenvalue weighted by Crippen LogP contribution is 2.21. The van der Waals surface area contributed by atoms with Gasteiger partial charge in [0.2, 0.25) is 5.95 Å². The van der Waals surface area contributed by atoms with Crippen molar-refractivity contribution >= 4 is 28.5 Å². The predicted molar refractivity (Wildman–Crippen MR) is 103 cm³/mol. The van der Waals surface area contributed by atoms with Gasteiger partial charge >= 0.3 is 0 Å². The molecule has 1 fully saturated rings. The molecular formula is C20H19N5O3. The summed E-state index contributed by atoms with van der Waals surface area (Å²) in [7, 11) is 0. The molecule has 1 saturated heterocycles. The number of hydrogen-bond acceptors (Lipinski definition) is 6. The van der Waals surface area contributed by atoms with Crippen LogP contribution < -0.4 is 10.4 Å². The lowest BCUT2D eigenvalue weighted by Gasteiger charge is -2.35. The second kappa shape index (κ2) is 7.61. The van der Waals surface area contributed by atoms with Crippen LogP contribution in [0.3, 0.4) is 0 Å². The number of hydrogen-bond donors (Lipinski definition) is 2. The lowest BCUT2D eigenvalue weighted by Crippen LogP contribution is -2.49. The summed E-state index contributed by atoms with van der Waals surface area (Å²) in [4.78, 5) is 36.5. The number of aromatic nitrogens is 2. The maximum Gasteiger partial charge on any atom is 0.277 e. The highest BCUT2D eigenvalue weighted by atomic mass is 16.5. The molecule has 8 heteroatoms. The average molecular weight is 377 g/mol. The monoisotopic (exact) mass is 377 g/mol. The third-order valence-corrected chi connectivity index (χ3v) is 4.87. The number of nitrogens with one attached hydrogen (secondary N) is 1. The number of piperazine rings is 1. The van der Waals surface area contributed by atoms with Gasteiger partial charge in [-0.3, -0.25) is 14.8 Å². The van der Waals surface area contributed by atoms with E-state index >= 15 is 0 Å². The summed E-state index contributed by atoms with van der Waals surface area (Å²) in [6, 6.07) is 13.6. The molecule has 3 aromatic rings. The summed E-state index contributed by atoms with van der Waals surface area (Å²) in [6.45, 7) is 2.32. The Morgan fingerprint density at radius 3 is 2.32 bits per heavy atom. The van der Waals surface area contributed by atoms with Crippen molar-refractivity contribution in [3.05, 3.63) is 66.0 Å². The molecule has 1 aliphatic heterocycles. The number of nitrogens with zero attached hydrogens (tertiary/aromatic N) is 4. The van der Waals surface area contributed by atoms with Crippen molar-refractivity contribution in [3.8, 4) is 0 Å². The van der Waals surface area contributed by atoms with Gasteiger partial charge < -0.3 is 9.80 Å². The van der Waals surface area contributed by atoms with E-state index in [1.807, 2.05) is 52.3 Å². The molecule has 0 aliphatic carbocycles. The lowest BCUT2D eigenvalue weighted by molar-refractivity contribution is 0.0704. The summed E-state index contributed by atoms with van der Waals surface area (Å²) in [6.07, 6.45) is 2.73. The van der Waals surface area contributed by atoms with Gasteiger partial charge in [-0.1, -0.05) is 36.4 Å². The Bertz CT molecular complexity index is 1010. The van der Waals surface area contributed by atoms with Crippen molar-refractivity contribution in [3.63, 3.8) is 0 Å². The Hall–Kier alpha value is -3.52. The van der Waals surface area contributed by atoms with Crippen LogP contribution in [0.15, 0.2) is 54.9 Å². The minimum atomic E-state index is -0.656. The van der Waals surface area contributed by atoms with Crippen molar-refractivity contribution in [2.45, 2.75) is 0 Å². The lowest BCUT2D eigenvalue weighted by atomic mass is 10.0. The van der Waals surface area contributed by atoms with Crippen LogP contribution in [0.2, 0.25) is 0 Å². The molecule has 142 valence electrons. The van der Waals surface area contributed by atoms with Crippen molar-refractivity contribution in [2.24, 2.45) is 0 Å². The van der Waals surface area contributed by atoms with E-state index in [0.29, 0.717) is 37.7 Å². The molecule has 8 nitrogen and oxygen atoms in total. The Labute approximate surface area is 161 Å². The van der Waals surface area contributed by atoms with Gasteiger partial charge in [0.1, 0.15) is 0 Å². The number of hydroxylamine groups is 1. The molecule has 4 rings (SSSR count). The van der Waals surface area contributed by atoms with E-state index in [1.165, 1.54) is 12.4 Å². The molecule has 1 aromatic heterocycles. The highest BCUT2D eigenvalue weighted by molar-refractivity contribution is 6.07. The molecule has 28 heavy (non-hydrogen) atoms. The third-order valence-electron chi connectivity index (χ3n) is 4.87. The molecule has 0 unspecified atom stereocenters. The van der Waals surface area contributed by atoms with Crippen molar-refractivity contribution in [1.82, 2.24) is 20.3 Å². The van der Waals surface area contributed by atoms with E-state index in [9.17, 15) is 9.59 Å². The summed E-state index contributed by atoms with van der Waals surface area (Å²) >= 11 is 0. The predicted octanol–water partition coefficient (Wildman–Crippen LogP) is 1.71. The smallest absolute Gasteiger partial charge is 0.277 e. The molecule has 2 aromatic carbocycles. The molecule has 1 aliphatic rings. The number of carbonyl (C=O) groups excluding carboxylic acids is 2. The van der Waals surface area contributed by atoms with E-state index < -0.39 is 5.91 Å².